The summed E-state index contributed by atoms with van der Waals surface area (Å²) in [5, 5.41) is 4.09. The molecule has 0 saturated heterocycles. The Kier molecular flexibility index (Phi) is 6.16. The zero-order valence-electron chi connectivity index (χ0n) is 18.1. The van der Waals surface area contributed by atoms with Crippen LogP contribution < -0.4 is 5.32 Å². The number of aryl methyl sites for hydroxylation is 2. The van der Waals surface area contributed by atoms with Gasteiger partial charge >= 0.3 is 0 Å². The fourth-order valence-corrected chi connectivity index (χ4v) is 5.78. The molecule has 3 aromatic rings. The third-order valence-corrected chi connectivity index (χ3v) is 8.14. The number of nitrogens with zero attached hydrogens (tertiary/aromatic N) is 1. The highest BCUT2D eigenvalue weighted by molar-refractivity contribution is 7.89. The predicted octanol–water partition coefficient (Wildman–Crippen LogP) is 4.01. The minimum atomic E-state index is -3.47. The van der Waals surface area contributed by atoms with Crippen LogP contribution in [0.1, 0.15) is 53.9 Å². The second-order valence-electron chi connectivity index (χ2n) is 7.97. The third kappa shape index (κ3) is 4.25. The molecule has 0 unspecified atom stereocenters. The van der Waals surface area contributed by atoms with Crippen LogP contribution in [-0.4, -0.2) is 36.7 Å². The zero-order valence-corrected chi connectivity index (χ0v) is 18.9. The van der Waals surface area contributed by atoms with Crippen molar-refractivity contribution in [3.8, 4) is 0 Å². The van der Waals surface area contributed by atoms with Gasteiger partial charge < -0.3 is 10.3 Å². The minimum Gasteiger partial charge on any atom is -0.358 e. The van der Waals surface area contributed by atoms with Gasteiger partial charge in [-0.05, 0) is 67.1 Å². The number of amides is 1. The number of rotatable bonds is 7. The van der Waals surface area contributed by atoms with Crippen LogP contribution in [0.25, 0.3) is 10.9 Å². The van der Waals surface area contributed by atoms with Crippen LogP contribution in [0.2, 0.25) is 0 Å². The molecule has 0 saturated carbocycles. The average molecular weight is 440 g/mol. The van der Waals surface area contributed by atoms with E-state index in [0.717, 1.165) is 29.3 Å². The van der Waals surface area contributed by atoms with Crippen LogP contribution >= 0.6 is 0 Å². The molecule has 0 spiro atoms. The molecule has 1 heterocycles. The van der Waals surface area contributed by atoms with Gasteiger partial charge in [0.1, 0.15) is 0 Å². The van der Waals surface area contributed by atoms with E-state index in [1.165, 1.54) is 28.4 Å². The summed E-state index contributed by atoms with van der Waals surface area (Å²) in [6.07, 6.45) is 4.53. The monoisotopic (exact) mass is 439 g/mol. The van der Waals surface area contributed by atoms with Crippen molar-refractivity contribution < 1.29 is 13.2 Å². The van der Waals surface area contributed by atoms with E-state index < -0.39 is 10.0 Å². The average Bonchev–Trinajstić information content (AvgIpc) is 3.16. The molecular formula is C24H29N3O3S. The molecule has 4 rings (SSSR count). The summed E-state index contributed by atoms with van der Waals surface area (Å²) in [5.41, 5.74) is 5.24. The van der Waals surface area contributed by atoms with E-state index in [4.69, 9.17) is 0 Å². The summed E-state index contributed by atoms with van der Waals surface area (Å²) in [6.45, 7) is 4.86. The molecule has 0 radical (unpaired) electrons. The molecule has 164 valence electrons. The number of H-pyrrole nitrogens is 1. The maximum Gasteiger partial charge on any atom is 0.251 e. The van der Waals surface area contributed by atoms with E-state index in [-0.39, 0.29) is 10.8 Å². The highest BCUT2D eigenvalue weighted by Gasteiger charge is 2.21. The summed E-state index contributed by atoms with van der Waals surface area (Å²) in [5.74, 6) is -0.132. The number of nitrogens with one attached hydrogen (secondary N) is 2. The first kappa shape index (κ1) is 21.6. The topological polar surface area (TPSA) is 82.3 Å². The van der Waals surface area contributed by atoms with Crippen molar-refractivity contribution in [2.24, 2.45) is 0 Å². The summed E-state index contributed by atoms with van der Waals surface area (Å²) < 4.78 is 26.6. The van der Waals surface area contributed by atoms with E-state index >= 15 is 0 Å². The van der Waals surface area contributed by atoms with E-state index in [9.17, 15) is 13.2 Å². The van der Waals surface area contributed by atoms with Crippen LogP contribution in [0.5, 0.6) is 0 Å². The minimum absolute atomic E-state index is 0.132. The lowest BCUT2D eigenvalue weighted by atomic mass is 9.95. The Morgan fingerprint density at radius 1 is 1.03 bits per heavy atom. The van der Waals surface area contributed by atoms with Crippen molar-refractivity contribution in [3.63, 3.8) is 0 Å². The van der Waals surface area contributed by atoms with E-state index in [0.29, 0.717) is 25.2 Å². The Morgan fingerprint density at radius 3 is 2.45 bits per heavy atom. The highest BCUT2D eigenvalue weighted by atomic mass is 32.2. The quantitative estimate of drug-likeness (QED) is 0.584. The molecule has 1 aliphatic carbocycles. The zero-order chi connectivity index (χ0) is 22.0. The van der Waals surface area contributed by atoms with Crippen LogP contribution in [0, 0.1) is 0 Å². The standard InChI is InChI=1S/C24H29N3O3S/c1-3-27(4-2)31(29,30)19-12-9-17(10-13-19)16-25-24(28)18-11-14-23-21(15-18)20-7-5-6-8-22(20)26-23/h9-15,26H,3-8,16H2,1-2H3,(H,25,28). The SMILES string of the molecule is CCN(CC)S(=O)(=O)c1ccc(CNC(=O)c2ccc3[nH]c4c(c3c2)CCCC4)cc1. The lowest BCUT2D eigenvalue weighted by Gasteiger charge is -2.18. The summed E-state index contributed by atoms with van der Waals surface area (Å²) in [7, 11) is -3.47. The number of fused-ring (bicyclic) bond motifs is 3. The fourth-order valence-electron chi connectivity index (χ4n) is 4.32. The Hall–Kier alpha value is -2.64. The first-order chi connectivity index (χ1) is 14.9. The summed E-state index contributed by atoms with van der Waals surface area (Å²) >= 11 is 0. The van der Waals surface area contributed by atoms with Crippen molar-refractivity contribution in [1.29, 1.82) is 0 Å². The number of sulfonamides is 1. The number of carbonyl (C=O) groups excluding carboxylic acids is 1. The van der Waals surface area contributed by atoms with Gasteiger partial charge in [0.05, 0.1) is 4.90 Å². The number of benzene rings is 2. The molecule has 7 heteroatoms. The molecule has 2 aromatic carbocycles. The predicted molar refractivity (Wildman–Crippen MR) is 123 cm³/mol. The summed E-state index contributed by atoms with van der Waals surface area (Å²) in [4.78, 5) is 16.5. The number of hydrogen-bond donors (Lipinski definition) is 2. The van der Waals surface area contributed by atoms with Crippen molar-refractivity contribution in [2.45, 2.75) is 51.0 Å². The van der Waals surface area contributed by atoms with E-state index in [1.807, 2.05) is 32.0 Å². The van der Waals surface area contributed by atoms with Gasteiger partial charge in [-0.3, -0.25) is 4.79 Å². The van der Waals surface area contributed by atoms with Crippen molar-refractivity contribution in [3.05, 3.63) is 64.8 Å². The molecule has 0 aliphatic heterocycles. The first-order valence-electron chi connectivity index (χ1n) is 10.9. The van der Waals surface area contributed by atoms with Gasteiger partial charge in [0.25, 0.3) is 5.91 Å². The lowest BCUT2D eigenvalue weighted by Crippen LogP contribution is -2.30. The van der Waals surface area contributed by atoms with E-state index in [1.54, 1.807) is 24.3 Å². The molecule has 1 aliphatic rings. The normalized spacial score (nSPS) is 14.0. The van der Waals surface area contributed by atoms with Crippen molar-refractivity contribution in [2.75, 3.05) is 13.1 Å². The molecule has 1 amide bonds. The maximum atomic E-state index is 12.7. The third-order valence-electron chi connectivity index (χ3n) is 6.08. The molecule has 0 fully saturated rings. The number of aromatic nitrogens is 1. The molecule has 31 heavy (non-hydrogen) atoms. The maximum absolute atomic E-state index is 12.7. The molecule has 6 nitrogen and oxygen atoms in total. The van der Waals surface area contributed by atoms with Gasteiger partial charge in [-0.2, -0.15) is 4.31 Å². The highest BCUT2D eigenvalue weighted by Crippen LogP contribution is 2.29. The molecule has 2 N–H and O–H groups in total. The van der Waals surface area contributed by atoms with Crippen LogP contribution in [0.15, 0.2) is 47.4 Å². The summed E-state index contributed by atoms with van der Waals surface area (Å²) in [6, 6.07) is 12.5. The Balaban J connectivity index is 1.45. The second-order valence-corrected chi connectivity index (χ2v) is 9.90. The molecule has 0 bridgehead atoms. The van der Waals surface area contributed by atoms with Crippen molar-refractivity contribution in [1.82, 2.24) is 14.6 Å². The van der Waals surface area contributed by atoms with Gasteiger partial charge in [-0.1, -0.05) is 26.0 Å². The second kappa shape index (κ2) is 8.85. The Bertz CT molecular complexity index is 1190. The molecule has 0 atom stereocenters. The van der Waals surface area contributed by atoms with Gasteiger partial charge in [-0.25, -0.2) is 8.42 Å². The molecule has 1 aromatic heterocycles. The van der Waals surface area contributed by atoms with Gasteiger partial charge in [0.2, 0.25) is 10.0 Å². The lowest BCUT2D eigenvalue weighted by molar-refractivity contribution is 0.0951. The number of aromatic amines is 1. The Morgan fingerprint density at radius 2 is 1.74 bits per heavy atom. The van der Waals surface area contributed by atoms with E-state index in [2.05, 4.69) is 10.3 Å². The van der Waals surface area contributed by atoms with Crippen LogP contribution in [0.3, 0.4) is 0 Å². The fraction of sp³-hybridized carbons (Fsp3) is 0.375. The Labute approximate surface area is 183 Å². The van der Waals surface area contributed by atoms with Crippen LogP contribution in [-0.2, 0) is 29.4 Å². The van der Waals surface area contributed by atoms with Gasteiger partial charge in [0.15, 0.2) is 0 Å². The van der Waals surface area contributed by atoms with Crippen LogP contribution in [0.4, 0.5) is 0 Å². The van der Waals surface area contributed by atoms with Gasteiger partial charge in [0, 0.05) is 41.8 Å². The van der Waals surface area contributed by atoms with Crippen molar-refractivity contribution >= 4 is 26.8 Å². The number of hydrogen-bond acceptors (Lipinski definition) is 3. The number of carbonyl (C=O) groups is 1. The first-order valence-corrected chi connectivity index (χ1v) is 12.4. The largest absolute Gasteiger partial charge is 0.358 e. The molecular weight excluding hydrogens is 410 g/mol. The van der Waals surface area contributed by atoms with Gasteiger partial charge in [-0.15, -0.1) is 0 Å². The smallest absolute Gasteiger partial charge is 0.251 e.